The minimum atomic E-state index is -0.0588. The standard InChI is InChI=1S/C12H17NO/c1-2-3-4-13-7-9-5-8-6-10(9)11(13)12(8)14/h1,8-12,14H,3-7H2. The highest BCUT2D eigenvalue weighted by molar-refractivity contribution is 5.11. The third-order valence-corrected chi connectivity index (χ3v) is 4.49. The SMILES string of the molecule is C#CCCN1CC2CC3CC2C1C3O. The smallest absolute Gasteiger partial charge is 0.0726 e. The number of terminal acetylenes is 1. The third-order valence-electron chi connectivity index (χ3n) is 4.49. The molecule has 2 bridgehead atoms. The average molecular weight is 191 g/mol. The van der Waals surface area contributed by atoms with Gasteiger partial charge in [0, 0.05) is 25.6 Å². The van der Waals surface area contributed by atoms with Crippen molar-refractivity contribution in [3.8, 4) is 12.3 Å². The van der Waals surface area contributed by atoms with Crippen LogP contribution in [-0.4, -0.2) is 35.2 Å². The highest BCUT2D eigenvalue weighted by Gasteiger charge is 2.58. The summed E-state index contributed by atoms with van der Waals surface area (Å²) in [7, 11) is 0. The van der Waals surface area contributed by atoms with E-state index in [-0.39, 0.29) is 6.10 Å². The Bertz CT molecular complexity index is 281. The van der Waals surface area contributed by atoms with Crippen molar-refractivity contribution in [2.75, 3.05) is 13.1 Å². The zero-order valence-corrected chi connectivity index (χ0v) is 8.39. The van der Waals surface area contributed by atoms with Crippen molar-refractivity contribution in [3.63, 3.8) is 0 Å². The molecule has 0 aromatic rings. The van der Waals surface area contributed by atoms with Crippen LogP contribution in [0.15, 0.2) is 0 Å². The van der Waals surface area contributed by atoms with Crippen molar-refractivity contribution in [1.82, 2.24) is 4.90 Å². The number of rotatable bonds is 2. The summed E-state index contributed by atoms with van der Waals surface area (Å²) in [4.78, 5) is 2.44. The number of likely N-dealkylation sites (tertiary alicyclic amines) is 1. The van der Waals surface area contributed by atoms with Crippen LogP contribution in [0.25, 0.3) is 0 Å². The van der Waals surface area contributed by atoms with E-state index in [1.165, 1.54) is 19.4 Å². The number of hydrogen-bond donors (Lipinski definition) is 1. The maximum Gasteiger partial charge on any atom is 0.0726 e. The van der Waals surface area contributed by atoms with Gasteiger partial charge in [0.1, 0.15) is 0 Å². The van der Waals surface area contributed by atoms with Crippen molar-refractivity contribution < 1.29 is 5.11 Å². The van der Waals surface area contributed by atoms with Crippen LogP contribution in [-0.2, 0) is 0 Å². The number of nitrogens with zero attached hydrogens (tertiary/aromatic N) is 1. The molecule has 0 aromatic heterocycles. The molecule has 5 atom stereocenters. The molecule has 5 unspecified atom stereocenters. The molecule has 2 heteroatoms. The van der Waals surface area contributed by atoms with E-state index in [1.54, 1.807) is 0 Å². The van der Waals surface area contributed by atoms with E-state index >= 15 is 0 Å². The first-order valence-corrected chi connectivity index (χ1v) is 5.67. The fourth-order valence-electron chi connectivity index (χ4n) is 4.00. The lowest BCUT2D eigenvalue weighted by molar-refractivity contribution is 0.0518. The monoisotopic (exact) mass is 191 g/mol. The molecule has 0 amide bonds. The molecule has 14 heavy (non-hydrogen) atoms. The lowest BCUT2D eigenvalue weighted by atomic mass is 9.88. The van der Waals surface area contributed by atoms with Gasteiger partial charge in [0.05, 0.1) is 6.10 Å². The van der Waals surface area contributed by atoms with E-state index in [0.29, 0.717) is 12.0 Å². The second-order valence-electron chi connectivity index (χ2n) is 5.09. The van der Waals surface area contributed by atoms with Gasteiger partial charge in [-0.1, -0.05) is 0 Å². The first-order valence-electron chi connectivity index (χ1n) is 5.67. The van der Waals surface area contributed by atoms with Crippen LogP contribution >= 0.6 is 0 Å². The van der Waals surface area contributed by atoms with Crippen molar-refractivity contribution in [3.05, 3.63) is 0 Å². The van der Waals surface area contributed by atoms with Gasteiger partial charge >= 0.3 is 0 Å². The highest BCUT2D eigenvalue weighted by atomic mass is 16.3. The van der Waals surface area contributed by atoms with E-state index in [9.17, 15) is 5.11 Å². The second kappa shape index (κ2) is 2.98. The molecule has 2 nitrogen and oxygen atoms in total. The molecule has 2 saturated carbocycles. The summed E-state index contributed by atoms with van der Waals surface area (Å²) in [6.45, 7) is 2.17. The summed E-state index contributed by atoms with van der Waals surface area (Å²) in [5.41, 5.74) is 0. The summed E-state index contributed by atoms with van der Waals surface area (Å²) in [6.07, 6.45) is 8.58. The Labute approximate surface area is 85.3 Å². The van der Waals surface area contributed by atoms with E-state index in [1.807, 2.05) is 0 Å². The van der Waals surface area contributed by atoms with Gasteiger partial charge in [0.15, 0.2) is 0 Å². The van der Waals surface area contributed by atoms with Gasteiger partial charge < -0.3 is 5.11 Å². The lowest BCUT2D eigenvalue weighted by Gasteiger charge is -2.28. The van der Waals surface area contributed by atoms with E-state index in [2.05, 4.69) is 10.8 Å². The fourth-order valence-corrected chi connectivity index (χ4v) is 4.00. The highest BCUT2D eigenvalue weighted by Crippen LogP contribution is 2.54. The third kappa shape index (κ3) is 1.00. The Morgan fingerprint density at radius 1 is 1.36 bits per heavy atom. The van der Waals surface area contributed by atoms with Crippen LogP contribution in [0.3, 0.4) is 0 Å². The molecule has 1 aliphatic heterocycles. The molecular formula is C12H17NO. The molecule has 76 valence electrons. The van der Waals surface area contributed by atoms with Crippen molar-refractivity contribution >= 4 is 0 Å². The summed E-state index contributed by atoms with van der Waals surface area (Å²) >= 11 is 0. The molecule has 0 spiro atoms. The number of aliphatic hydroxyl groups is 1. The number of aliphatic hydroxyl groups excluding tert-OH is 1. The molecule has 1 heterocycles. The van der Waals surface area contributed by atoms with Crippen LogP contribution in [0, 0.1) is 30.1 Å². The molecule has 0 radical (unpaired) electrons. The van der Waals surface area contributed by atoms with Gasteiger partial charge in [-0.3, -0.25) is 4.90 Å². The minimum Gasteiger partial charge on any atom is -0.391 e. The molecule has 3 aliphatic rings. The van der Waals surface area contributed by atoms with Gasteiger partial charge in [0.25, 0.3) is 0 Å². The molecule has 2 aliphatic carbocycles. The van der Waals surface area contributed by atoms with Crippen LogP contribution in [0.4, 0.5) is 0 Å². The zero-order valence-electron chi connectivity index (χ0n) is 8.39. The van der Waals surface area contributed by atoms with Gasteiger partial charge in [-0.15, -0.1) is 12.3 Å². The first kappa shape index (κ1) is 8.76. The Morgan fingerprint density at radius 3 is 2.93 bits per heavy atom. The summed E-state index contributed by atoms with van der Waals surface area (Å²) in [6, 6.07) is 0.451. The fraction of sp³-hybridized carbons (Fsp3) is 0.833. The Kier molecular flexibility index (Phi) is 1.87. The molecule has 3 fully saturated rings. The van der Waals surface area contributed by atoms with Crippen molar-refractivity contribution in [2.24, 2.45) is 17.8 Å². The predicted octanol–water partition coefficient (Wildman–Crippen LogP) is 0.711. The predicted molar refractivity (Wildman–Crippen MR) is 54.5 cm³/mol. The summed E-state index contributed by atoms with van der Waals surface area (Å²) in [5.74, 6) is 4.95. The van der Waals surface area contributed by atoms with Crippen LogP contribution in [0.5, 0.6) is 0 Å². The average Bonchev–Trinajstić information content (AvgIpc) is 2.74. The second-order valence-corrected chi connectivity index (χ2v) is 5.09. The first-order chi connectivity index (χ1) is 6.81. The maximum atomic E-state index is 10.1. The van der Waals surface area contributed by atoms with Gasteiger partial charge in [0.2, 0.25) is 0 Å². The quantitative estimate of drug-likeness (QED) is 0.650. The van der Waals surface area contributed by atoms with Gasteiger partial charge in [-0.25, -0.2) is 0 Å². The topological polar surface area (TPSA) is 23.5 Å². The molecule has 1 saturated heterocycles. The summed E-state index contributed by atoms with van der Waals surface area (Å²) < 4.78 is 0. The van der Waals surface area contributed by atoms with Crippen LogP contribution < -0.4 is 0 Å². The van der Waals surface area contributed by atoms with Crippen LogP contribution in [0.2, 0.25) is 0 Å². The lowest BCUT2D eigenvalue weighted by Crippen LogP contribution is -2.40. The largest absolute Gasteiger partial charge is 0.391 e. The number of hydrogen-bond acceptors (Lipinski definition) is 2. The molecule has 1 N–H and O–H groups in total. The Morgan fingerprint density at radius 2 is 2.21 bits per heavy atom. The normalized spacial score (nSPS) is 49.9. The minimum absolute atomic E-state index is 0.0588. The van der Waals surface area contributed by atoms with E-state index < -0.39 is 0 Å². The van der Waals surface area contributed by atoms with Crippen molar-refractivity contribution in [1.29, 1.82) is 0 Å². The van der Waals surface area contributed by atoms with Gasteiger partial charge in [-0.05, 0) is 30.6 Å². The van der Waals surface area contributed by atoms with Crippen molar-refractivity contribution in [2.45, 2.75) is 31.4 Å². The summed E-state index contributed by atoms with van der Waals surface area (Å²) in [5, 5.41) is 10.1. The number of fused-ring (bicyclic) bond motifs is 1. The molecule has 3 rings (SSSR count). The van der Waals surface area contributed by atoms with E-state index in [4.69, 9.17) is 6.42 Å². The zero-order chi connectivity index (χ0) is 9.71. The van der Waals surface area contributed by atoms with Gasteiger partial charge in [-0.2, -0.15) is 0 Å². The molecule has 0 aromatic carbocycles. The Balaban J connectivity index is 1.76. The molecular weight excluding hydrogens is 174 g/mol. The van der Waals surface area contributed by atoms with E-state index in [0.717, 1.165) is 24.8 Å². The Hall–Kier alpha value is -0.520. The van der Waals surface area contributed by atoms with Crippen LogP contribution in [0.1, 0.15) is 19.3 Å². The maximum absolute atomic E-state index is 10.1.